The topological polar surface area (TPSA) is 63.3 Å². The number of hydrogen-bond donors (Lipinski definition) is 2. The van der Waals surface area contributed by atoms with Crippen LogP contribution in [0.15, 0.2) is 28.7 Å². The van der Waals surface area contributed by atoms with Gasteiger partial charge in [0.25, 0.3) is 0 Å². The molecule has 0 aromatic heterocycles. The molecule has 1 saturated carbocycles. The quantitative estimate of drug-likeness (QED) is 0.900. The summed E-state index contributed by atoms with van der Waals surface area (Å²) in [6, 6.07) is 8.10. The van der Waals surface area contributed by atoms with Crippen LogP contribution in [0.1, 0.15) is 37.3 Å². The van der Waals surface area contributed by atoms with E-state index in [-0.39, 0.29) is 12.0 Å². The highest BCUT2D eigenvalue weighted by Crippen LogP contribution is 2.35. The van der Waals surface area contributed by atoms with Gasteiger partial charge in [0.05, 0.1) is 5.92 Å². The molecule has 0 bridgehead atoms. The molecule has 1 unspecified atom stereocenters. The van der Waals surface area contributed by atoms with Crippen LogP contribution in [0.3, 0.4) is 0 Å². The van der Waals surface area contributed by atoms with E-state index < -0.39 is 5.97 Å². The molecule has 1 fully saturated rings. The first-order valence-electron chi connectivity index (χ1n) is 6.32. The van der Waals surface area contributed by atoms with Crippen LogP contribution < -0.4 is 5.73 Å². The van der Waals surface area contributed by atoms with Crippen molar-refractivity contribution in [1.82, 2.24) is 0 Å². The largest absolute Gasteiger partial charge is 0.481 e. The third kappa shape index (κ3) is 3.12. The van der Waals surface area contributed by atoms with Crippen LogP contribution in [0.2, 0.25) is 0 Å². The van der Waals surface area contributed by atoms with Crippen LogP contribution in [0, 0.1) is 11.8 Å². The molecule has 3 nitrogen and oxygen atoms in total. The summed E-state index contributed by atoms with van der Waals surface area (Å²) in [5, 5.41) is 8.97. The maximum absolute atomic E-state index is 10.9. The van der Waals surface area contributed by atoms with E-state index in [1.54, 1.807) is 0 Å². The maximum Gasteiger partial charge on any atom is 0.306 e. The normalized spacial score (nSPS) is 25.7. The molecule has 0 spiro atoms. The molecule has 1 atom stereocenters. The molecule has 4 heteroatoms. The van der Waals surface area contributed by atoms with E-state index in [2.05, 4.69) is 15.9 Å². The number of halogens is 1. The zero-order valence-corrected chi connectivity index (χ0v) is 11.8. The molecule has 1 aromatic rings. The Balaban J connectivity index is 1.97. The summed E-state index contributed by atoms with van der Waals surface area (Å²) >= 11 is 3.41. The van der Waals surface area contributed by atoms with Crippen LogP contribution in [0.4, 0.5) is 0 Å². The Labute approximate surface area is 116 Å². The third-order valence-corrected chi connectivity index (χ3v) is 4.41. The average molecular weight is 312 g/mol. The van der Waals surface area contributed by atoms with Crippen molar-refractivity contribution in [2.75, 3.05) is 0 Å². The summed E-state index contributed by atoms with van der Waals surface area (Å²) in [5.41, 5.74) is 7.41. The number of aliphatic carboxylic acids is 1. The predicted molar refractivity (Wildman–Crippen MR) is 74.2 cm³/mol. The second-order valence-electron chi connectivity index (χ2n) is 5.03. The van der Waals surface area contributed by atoms with E-state index >= 15 is 0 Å². The number of carboxylic acid groups (broad SMARTS) is 1. The third-order valence-electron chi connectivity index (χ3n) is 3.88. The predicted octanol–water partition coefficient (Wildman–Crippen LogP) is 3.34. The van der Waals surface area contributed by atoms with Gasteiger partial charge in [0.1, 0.15) is 0 Å². The molecule has 1 aromatic carbocycles. The van der Waals surface area contributed by atoms with Gasteiger partial charge in [-0.3, -0.25) is 4.79 Å². The zero-order chi connectivity index (χ0) is 13.1. The van der Waals surface area contributed by atoms with Gasteiger partial charge in [-0.2, -0.15) is 0 Å². The van der Waals surface area contributed by atoms with Gasteiger partial charge >= 0.3 is 5.97 Å². The molecule has 0 saturated heterocycles. The number of benzene rings is 1. The zero-order valence-electron chi connectivity index (χ0n) is 10.2. The van der Waals surface area contributed by atoms with Gasteiger partial charge in [-0.15, -0.1) is 0 Å². The Hall–Kier alpha value is -0.870. The Morgan fingerprint density at radius 3 is 2.28 bits per heavy atom. The van der Waals surface area contributed by atoms with E-state index in [1.807, 2.05) is 24.3 Å². The number of rotatable bonds is 3. The highest BCUT2D eigenvalue weighted by Gasteiger charge is 2.29. The van der Waals surface area contributed by atoms with Gasteiger partial charge in [-0.05, 0) is 49.3 Å². The van der Waals surface area contributed by atoms with Crippen molar-refractivity contribution >= 4 is 21.9 Å². The Bertz CT molecular complexity index is 410. The van der Waals surface area contributed by atoms with Crippen LogP contribution in [0.25, 0.3) is 0 Å². The first-order valence-corrected chi connectivity index (χ1v) is 7.11. The standard InChI is InChI=1S/C14H18BrNO2/c15-12-7-5-10(6-8-12)13(16)9-1-3-11(4-2-9)14(17)18/h5-9,11,13H,1-4,16H2,(H,17,18). The van der Waals surface area contributed by atoms with Gasteiger partial charge in [-0.25, -0.2) is 0 Å². The van der Waals surface area contributed by atoms with Crippen LogP contribution >= 0.6 is 15.9 Å². The first-order chi connectivity index (χ1) is 8.58. The lowest BCUT2D eigenvalue weighted by Crippen LogP contribution is -2.28. The van der Waals surface area contributed by atoms with Crippen molar-refractivity contribution in [3.8, 4) is 0 Å². The molecular weight excluding hydrogens is 294 g/mol. The Morgan fingerprint density at radius 1 is 1.22 bits per heavy atom. The monoisotopic (exact) mass is 311 g/mol. The molecular formula is C14H18BrNO2. The summed E-state index contributed by atoms with van der Waals surface area (Å²) in [4.78, 5) is 10.9. The van der Waals surface area contributed by atoms with Gasteiger partial charge in [-0.1, -0.05) is 28.1 Å². The van der Waals surface area contributed by atoms with Crippen LogP contribution in [-0.4, -0.2) is 11.1 Å². The van der Waals surface area contributed by atoms with E-state index in [4.69, 9.17) is 10.8 Å². The molecule has 98 valence electrons. The number of nitrogens with two attached hydrogens (primary N) is 1. The van der Waals surface area contributed by atoms with E-state index in [1.165, 1.54) is 0 Å². The lowest BCUT2D eigenvalue weighted by Gasteiger charge is -2.30. The van der Waals surface area contributed by atoms with Gasteiger partial charge in [0.15, 0.2) is 0 Å². The van der Waals surface area contributed by atoms with Crippen molar-refractivity contribution in [1.29, 1.82) is 0 Å². The molecule has 2 rings (SSSR count). The fourth-order valence-electron chi connectivity index (χ4n) is 2.68. The summed E-state index contributed by atoms with van der Waals surface area (Å²) in [6.45, 7) is 0. The van der Waals surface area contributed by atoms with Gasteiger partial charge < -0.3 is 10.8 Å². The number of carboxylic acids is 1. The molecule has 18 heavy (non-hydrogen) atoms. The molecule has 1 aliphatic carbocycles. The summed E-state index contributed by atoms with van der Waals surface area (Å²) in [5.74, 6) is -0.425. The SMILES string of the molecule is NC(c1ccc(Br)cc1)C1CCC(C(=O)O)CC1. The van der Waals surface area contributed by atoms with E-state index in [9.17, 15) is 4.79 Å². The fourth-order valence-corrected chi connectivity index (χ4v) is 2.95. The lowest BCUT2D eigenvalue weighted by molar-refractivity contribution is -0.143. The van der Waals surface area contributed by atoms with Gasteiger partial charge in [0.2, 0.25) is 0 Å². The summed E-state index contributed by atoms with van der Waals surface area (Å²) in [6.07, 6.45) is 3.33. The molecule has 0 aliphatic heterocycles. The van der Waals surface area contributed by atoms with Crippen molar-refractivity contribution in [3.05, 3.63) is 34.3 Å². The minimum atomic E-state index is -0.661. The molecule has 0 radical (unpaired) electrons. The smallest absolute Gasteiger partial charge is 0.306 e. The minimum absolute atomic E-state index is 0.0212. The Kier molecular flexibility index (Phi) is 4.40. The second kappa shape index (κ2) is 5.85. The molecule has 1 aliphatic rings. The highest BCUT2D eigenvalue weighted by molar-refractivity contribution is 9.10. The molecule has 0 amide bonds. The Morgan fingerprint density at radius 2 is 1.78 bits per heavy atom. The number of hydrogen-bond acceptors (Lipinski definition) is 2. The highest BCUT2D eigenvalue weighted by atomic mass is 79.9. The van der Waals surface area contributed by atoms with E-state index in [0.29, 0.717) is 5.92 Å². The van der Waals surface area contributed by atoms with Crippen molar-refractivity contribution < 1.29 is 9.90 Å². The number of carbonyl (C=O) groups is 1. The average Bonchev–Trinajstić information content (AvgIpc) is 2.39. The summed E-state index contributed by atoms with van der Waals surface area (Å²) < 4.78 is 1.05. The van der Waals surface area contributed by atoms with Crippen LogP contribution in [0.5, 0.6) is 0 Å². The lowest BCUT2D eigenvalue weighted by atomic mass is 9.77. The fraction of sp³-hybridized carbons (Fsp3) is 0.500. The maximum atomic E-state index is 10.9. The van der Waals surface area contributed by atoms with Crippen molar-refractivity contribution in [2.45, 2.75) is 31.7 Å². The van der Waals surface area contributed by atoms with Crippen LogP contribution in [-0.2, 0) is 4.79 Å². The van der Waals surface area contributed by atoms with Gasteiger partial charge in [0, 0.05) is 10.5 Å². The van der Waals surface area contributed by atoms with Crippen molar-refractivity contribution in [2.24, 2.45) is 17.6 Å². The molecule has 3 N–H and O–H groups in total. The second-order valence-corrected chi connectivity index (χ2v) is 5.94. The van der Waals surface area contributed by atoms with Crippen molar-refractivity contribution in [3.63, 3.8) is 0 Å². The molecule has 0 heterocycles. The first kappa shape index (κ1) is 13.6. The minimum Gasteiger partial charge on any atom is -0.481 e. The summed E-state index contributed by atoms with van der Waals surface area (Å²) in [7, 11) is 0. The van der Waals surface area contributed by atoms with E-state index in [0.717, 1.165) is 35.7 Å².